The Labute approximate surface area is 119 Å². The van der Waals surface area contributed by atoms with E-state index in [0.29, 0.717) is 5.69 Å². The fourth-order valence-corrected chi connectivity index (χ4v) is 1.89. The topological polar surface area (TPSA) is 78.4 Å². The molecule has 0 unspecified atom stereocenters. The predicted octanol–water partition coefficient (Wildman–Crippen LogP) is 2.87. The Balaban J connectivity index is 2.79. The maximum atomic E-state index is 12.0. The minimum absolute atomic E-state index is 0.506. The molecule has 0 aliphatic rings. The molecule has 3 N–H and O–H groups in total. The number of para-hydroxylation sites is 1. The van der Waals surface area contributed by atoms with E-state index in [1.807, 2.05) is 25.1 Å². The van der Waals surface area contributed by atoms with Crippen molar-refractivity contribution in [1.29, 1.82) is 0 Å². The molecule has 0 aliphatic heterocycles. The van der Waals surface area contributed by atoms with Crippen LogP contribution in [0.2, 0.25) is 0 Å². The number of amides is 2. The first-order valence-corrected chi connectivity index (χ1v) is 6.64. The van der Waals surface area contributed by atoms with E-state index in [1.165, 1.54) is 0 Å². The Morgan fingerprint density at radius 2 is 1.85 bits per heavy atom. The molecular formula is C15H22N2O3. The number of benzene rings is 1. The second-order valence-electron chi connectivity index (χ2n) is 5.75. The van der Waals surface area contributed by atoms with E-state index in [2.05, 4.69) is 10.6 Å². The minimum atomic E-state index is -1.04. The van der Waals surface area contributed by atoms with Crippen LogP contribution in [0.1, 0.15) is 33.3 Å². The lowest BCUT2D eigenvalue weighted by atomic mass is 9.87. The molecule has 2 amide bonds. The van der Waals surface area contributed by atoms with Gasteiger partial charge in [0, 0.05) is 5.69 Å². The van der Waals surface area contributed by atoms with Gasteiger partial charge in [0.05, 0.1) is 0 Å². The Morgan fingerprint density at radius 3 is 2.35 bits per heavy atom. The molecule has 5 heteroatoms. The summed E-state index contributed by atoms with van der Waals surface area (Å²) in [5.41, 5.74) is 1.14. The second-order valence-corrected chi connectivity index (χ2v) is 5.75. The summed E-state index contributed by atoms with van der Waals surface area (Å²) in [7, 11) is 0. The van der Waals surface area contributed by atoms with Crippen LogP contribution < -0.4 is 10.6 Å². The molecule has 1 aromatic rings. The summed E-state index contributed by atoms with van der Waals surface area (Å²) in [5.74, 6) is -1.04. The molecule has 1 aromatic carbocycles. The van der Waals surface area contributed by atoms with E-state index >= 15 is 0 Å². The van der Waals surface area contributed by atoms with Crippen molar-refractivity contribution in [2.75, 3.05) is 5.32 Å². The number of hydrogen-bond acceptors (Lipinski definition) is 2. The third kappa shape index (κ3) is 4.26. The Kier molecular flexibility index (Phi) is 5.13. The monoisotopic (exact) mass is 278 g/mol. The third-order valence-corrected chi connectivity index (χ3v) is 3.03. The van der Waals surface area contributed by atoms with Crippen LogP contribution in [0.25, 0.3) is 0 Å². The van der Waals surface area contributed by atoms with Crippen LogP contribution in [0.5, 0.6) is 0 Å². The van der Waals surface area contributed by atoms with Crippen molar-refractivity contribution >= 4 is 17.7 Å². The summed E-state index contributed by atoms with van der Waals surface area (Å²) < 4.78 is 0. The van der Waals surface area contributed by atoms with Crippen LogP contribution >= 0.6 is 0 Å². The summed E-state index contributed by atoms with van der Waals surface area (Å²) in [5, 5.41) is 14.4. The number of nitrogens with one attached hydrogen (secondary N) is 2. The number of urea groups is 1. The molecule has 110 valence electrons. The first-order valence-electron chi connectivity index (χ1n) is 6.64. The molecule has 0 radical (unpaired) electrons. The quantitative estimate of drug-likeness (QED) is 0.792. The lowest BCUT2D eigenvalue weighted by Crippen LogP contribution is -2.50. The van der Waals surface area contributed by atoms with Gasteiger partial charge in [0.1, 0.15) is 6.04 Å². The molecule has 0 aromatic heterocycles. The average molecular weight is 278 g/mol. The molecule has 0 fully saturated rings. The number of hydrogen-bond donors (Lipinski definition) is 3. The number of carbonyl (C=O) groups is 2. The number of aryl methyl sites for hydroxylation is 1. The smallest absolute Gasteiger partial charge is 0.326 e. The molecule has 1 atom stereocenters. The summed E-state index contributed by atoms with van der Waals surface area (Å²) in [6, 6.07) is 5.99. The molecule has 0 spiro atoms. The first-order chi connectivity index (χ1) is 9.25. The van der Waals surface area contributed by atoms with Crippen molar-refractivity contribution in [1.82, 2.24) is 5.32 Å². The summed E-state index contributed by atoms with van der Waals surface area (Å²) in [6.07, 6.45) is 0.790. The minimum Gasteiger partial charge on any atom is -0.480 e. The summed E-state index contributed by atoms with van der Waals surface area (Å²) >= 11 is 0. The standard InChI is InChI=1S/C15H22N2O3/c1-5-10-8-6-7-9-11(10)16-14(20)17-12(13(18)19)15(2,3)4/h6-9,12H,5H2,1-4H3,(H,18,19)(H2,16,17,20)/t12-/m1/s1. The van der Waals surface area contributed by atoms with Crippen LogP contribution in [0.3, 0.4) is 0 Å². The SMILES string of the molecule is CCc1ccccc1NC(=O)N[C@H](C(=O)O)C(C)(C)C. The Bertz CT molecular complexity index is 492. The third-order valence-electron chi connectivity index (χ3n) is 3.03. The Morgan fingerprint density at radius 1 is 1.25 bits per heavy atom. The highest BCUT2D eigenvalue weighted by Crippen LogP contribution is 2.20. The van der Waals surface area contributed by atoms with Crippen LogP contribution in [0.4, 0.5) is 10.5 Å². The van der Waals surface area contributed by atoms with Gasteiger partial charge in [0.25, 0.3) is 0 Å². The van der Waals surface area contributed by atoms with Crippen molar-refractivity contribution in [2.45, 2.75) is 40.2 Å². The van der Waals surface area contributed by atoms with Crippen LogP contribution in [-0.2, 0) is 11.2 Å². The van der Waals surface area contributed by atoms with E-state index in [4.69, 9.17) is 0 Å². The van der Waals surface area contributed by atoms with Gasteiger partial charge in [-0.15, -0.1) is 0 Å². The highest BCUT2D eigenvalue weighted by molar-refractivity contribution is 5.93. The van der Waals surface area contributed by atoms with Gasteiger partial charge in [-0.1, -0.05) is 45.9 Å². The molecule has 0 saturated carbocycles. The molecule has 1 rings (SSSR count). The van der Waals surface area contributed by atoms with Gasteiger partial charge in [0.15, 0.2) is 0 Å². The van der Waals surface area contributed by atoms with E-state index in [1.54, 1.807) is 26.8 Å². The zero-order valence-electron chi connectivity index (χ0n) is 12.4. The molecule has 20 heavy (non-hydrogen) atoms. The fourth-order valence-electron chi connectivity index (χ4n) is 1.89. The van der Waals surface area contributed by atoms with Crippen molar-refractivity contribution < 1.29 is 14.7 Å². The van der Waals surface area contributed by atoms with E-state index in [0.717, 1.165) is 12.0 Å². The predicted molar refractivity (Wildman–Crippen MR) is 78.9 cm³/mol. The van der Waals surface area contributed by atoms with Gasteiger partial charge in [-0.3, -0.25) is 0 Å². The number of aliphatic carboxylic acids is 1. The zero-order chi connectivity index (χ0) is 15.3. The van der Waals surface area contributed by atoms with Crippen LogP contribution in [0, 0.1) is 5.41 Å². The van der Waals surface area contributed by atoms with Crippen molar-refractivity contribution in [3.05, 3.63) is 29.8 Å². The summed E-state index contributed by atoms with van der Waals surface area (Å²) in [6.45, 7) is 7.30. The van der Waals surface area contributed by atoms with Gasteiger partial charge in [-0.2, -0.15) is 0 Å². The van der Waals surface area contributed by atoms with Crippen LogP contribution in [-0.4, -0.2) is 23.1 Å². The first kappa shape index (κ1) is 16.0. The lowest BCUT2D eigenvalue weighted by Gasteiger charge is -2.27. The number of rotatable bonds is 4. The van der Waals surface area contributed by atoms with Crippen LogP contribution in [0.15, 0.2) is 24.3 Å². The van der Waals surface area contributed by atoms with E-state index in [-0.39, 0.29) is 0 Å². The van der Waals surface area contributed by atoms with E-state index < -0.39 is 23.5 Å². The maximum absolute atomic E-state index is 12.0. The van der Waals surface area contributed by atoms with Crippen molar-refractivity contribution in [2.24, 2.45) is 5.41 Å². The van der Waals surface area contributed by atoms with Gasteiger partial charge in [0.2, 0.25) is 0 Å². The number of carbonyl (C=O) groups excluding carboxylic acids is 1. The number of carboxylic acids is 1. The largest absolute Gasteiger partial charge is 0.480 e. The summed E-state index contributed by atoms with van der Waals surface area (Å²) in [4.78, 5) is 23.2. The van der Waals surface area contributed by atoms with Gasteiger partial charge >= 0.3 is 12.0 Å². The van der Waals surface area contributed by atoms with E-state index in [9.17, 15) is 14.7 Å². The maximum Gasteiger partial charge on any atom is 0.326 e. The molecule has 0 heterocycles. The van der Waals surface area contributed by atoms with Gasteiger partial charge in [-0.25, -0.2) is 9.59 Å². The van der Waals surface area contributed by atoms with Gasteiger partial charge in [-0.05, 0) is 23.5 Å². The molecular weight excluding hydrogens is 256 g/mol. The number of carboxylic acid groups (broad SMARTS) is 1. The highest BCUT2D eigenvalue weighted by atomic mass is 16.4. The normalized spacial score (nSPS) is 12.6. The van der Waals surface area contributed by atoms with Gasteiger partial charge < -0.3 is 15.7 Å². The average Bonchev–Trinajstić information content (AvgIpc) is 2.35. The van der Waals surface area contributed by atoms with Crippen molar-refractivity contribution in [3.8, 4) is 0 Å². The highest BCUT2D eigenvalue weighted by Gasteiger charge is 2.32. The molecule has 0 saturated heterocycles. The molecule has 5 nitrogen and oxygen atoms in total. The Hall–Kier alpha value is -2.04. The second kappa shape index (κ2) is 6.41. The lowest BCUT2D eigenvalue weighted by molar-refractivity contribution is -0.141. The molecule has 0 aliphatic carbocycles. The molecule has 0 bridgehead atoms. The zero-order valence-corrected chi connectivity index (χ0v) is 12.4. The fraction of sp³-hybridized carbons (Fsp3) is 0.467. The number of anilines is 1. The van der Waals surface area contributed by atoms with Crippen molar-refractivity contribution in [3.63, 3.8) is 0 Å².